The fraction of sp³-hybridized carbons (Fsp3) is 1.00. The summed E-state index contributed by atoms with van der Waals surface area (Å²) in [4.78, 5) is 2.66. The van der Waals surface area contributed by atoms with Gasteiger partial charge in [0.2, 0.25) is 0 Å². The maximum atomic E-state index is 3.59. The molecule has 2 fully saturated rings. The van der Waals surface area contributed by atoms with Crippen LogP contribution in [-0.2, 0) is 0 Å². The van der Waals surface area contributed by atoms with Gasteiger partial charge in [-0.1, -0.05) is 6.92 Å². The lowest BCUT2D eigenvalue weighted by atomic mass is 10.2. The first-order valence-corrected chi connectivity index (χ1v) is 7.00. The zero-order chi connectivity index (χ0) is 9.80. The van der Waals surface area contributed by atoms with E-state index in [9.17, 15) is 0 Å². The fourth-order valence-electron chi connectivity index (χ4n) is 2.42. The van der Waals surface area contributed by atoms with Gasteiger partial charge in [0.1, 0.15) is 0 Å². The van der Waals surface area contributed by atoms with E-state index in [0.29, 0.717) is 0 Å². The van der Waals surface area contributed by atoms with E-state index < -0.39 is 0 Å². The summed E-state index contributed by atoms with van der Waals surface area (Å²) in [6, 6.07) is 0.788. The molecule has 2 aliphatic rings. The molecule has 0 aromatic rings. The van der Waals surface area contributed by atoms with Crippen LogP contribution >= 0.6 is 11.8 Å². The van der Waals surface area contributed by atoms with E-state index in [4.69, 9.17) is 0 Å². The van der Waals surface area contributed by atoms with Gasteiger partial charge in [-0.15, -0.1) is 0 Å². The fourth-order valence-corrected chi connectivity index (χ4v) is 3.67. The molecule has 0 spiro atoms. The smallest absolute Gasteiger partial charge is 0.0195 e. The van der Waals surface area contributed by atoms with Crippen molar-refractivity contribution in [1.82, 2.24) is 10.2 Å². The molecule has 0 saturated carbocycles. The first-order valence-electron chi connectivity index (χ1n) is 5.96. The zero-order valence-electron chi connectivity index (χ0n) is 9.17. The summed E-state index contributed by atoms with van der Waals surface area (Å²) in [6.07, 6.45) is 4.10. The topological polar surface area (TPSA) is 15.3 Å². The van der Waals surface area contributed by atoms with Gasteiger partial charge >= 0.3 is 0 Å². The highest BCUT2D eigenvalue weighted by Crippen LogP contribution is 2.21. The van der Waals surface area contributed by atoms with Gasteiger partial charge < -0.3 is 5.32 Å². The standard InChI is InChI=1S/C11H22N2S/c1-2-11-9-13(6-7-14-11)8-10-4-3-5-12-10/h10-12H,2-9H2,1H3. The van der Waals surface area contributed by atoms with Crippen LogP contribution in [0.1, 0.15) is 26.2 Å². The third-order valence-corrected chi connectivity index (χ3v) is 4.69. The Kier molecular flexibility index (Phi) is 4.14. The second kappa shape index (κ2) is 5.38. The Labute approximate surface area is 91.8 Å². The molecule has 2 heterocycles. The van der Waals surface area contributed by atoms with Crippen LogP contribution < -0.4 is 5.32 Å². The van der Waals surface area contributed by atoms with Crippen molar-refractivity contribution in [2.45, 2.75) is 37.5 Å². The van der Waals surface area contributed by atoms with Crippen molar-refractivity contribution < 1.29 is 0 Å². The largest absolute Gasteiger partial charge is 0.313 e. The lowest BCUT2D eigenvalue weighted by molar-refractivity contribution is 0.256. The van der Waals surface area contributed by atoms with Gasteiger partial charge in [0.25, 0.3) is 0 Å². The van der Waals surface area contributed by atoms with Crippen molar-refractivity contribution in [1.29, 1.82) is 0 Å². The average molecular weight is 214 g/mol. The highest BCUT2D eigenvalue weighted by Gasteiger charge is 2.22. The minimum atomic E-state index is 0.788. The van der Waals surface area contributed by atoms with E-state index in [0.717, 1.165) is 11.3 Å². The Morgan fingerprint density at radius 3 is 3.14 bits per heavy atom. The van der Waals surface area contributed by atoms with E-state index in [1.165, 1.54) is 51.2 Å². The zero-order valence-corrected chi connectivity index (χ0v) is 9.98. The molecule has 2 saturated heterocycles. The molecule has 1 N–H and O–H groups in total. The summed E-state index contributed by atoms with van der Waals surface area (Å²) in [7, 11) is 0. The van der Waals surface area contributed by atoms with Crippen LogP contribution in [0.5, 0.6) is 0 Å². The van der Waals surface area contributed by atoms with Crippen LogP contribution in [0.25, 0.3) is 0 Å². The lowest BCUT2D eigenvalue weighted by Crippen LogP contribution is -2.44. The second-order valence-electron chi connectivity index (χ2n) is 4.45. The minimum absolute atomic E-state index is 0.788. The van der Waals surface area contributed by atoms with Crippen molar-refractivity contribution >= 4 is 11.8 Å². The third-order valence-electron chi connectivity index (χ3n) is 3.32. The van der Waals surface area contributed by atoms with E-state index in [-0.39, 0.29) is 0 Å². The van der Waals surface area contributed by atoms with Crippen LogP contribution in [0.15, 0.2) is 0 Å². The average Bonchev–Trinajstić information content (AvgIpc) is 2.71. The quantitative estimate of drug-likeness (QED) is 0.768. The Morgan fingerprint density at radius 2 is 2.43 bits per heavy atom. The van der Waals surface area contributed by atoms with Crippen molar-refractivity contribution in [2.24, 2.45) is 0 Å². The van der Waals surface area contributed by atoms with E-state index >= 15 is 0 Å². The van der Waals surface area contributed by atoms with Crippen molar-refractivity contribution in [2.75, 3.05) is 31.9 Å². The summed E-state index contributed by atoms with van der Waals surface area (Å²) in [6.45, 7) is 7.47. The predicted octanol–water partition coefficient (Wildman–Crippen LogP) is 1.57. The Balaban J connectivity index is 1.73. The number of rotatable bonds is 3. The molecule has 0 aliphatic carbocycles. The van der Waals surface area contributed by atoms with Gasteiger partial charge in [0.15, 0.2) is 0 Å². The molecule has 0 radical (unpaired) electrons. The molecule has 14 heavy (non-hydrogen) atoms. The number of hydrogen-bond donors (Lipinski definition) is 1. The highest BCUT2D eigenvalue weighted by molar-refractivity contribution is 8.00. The van der Waals surface area contributed by atoms with Crippen molar-refractivity contribution in [3.63, 3.8) is 0 Å². The van der Waals surface area contributed by atoms with Crippen molar-refractivity contribution in [3.05, 3.63) is 0 Å². The Bertz CT molecular complexity index is 169. The number of nitrogens with one attached hydrogen (secondary N) is 1. The first-order chi connectivity index (χ1) is 6.88. The molecule has 2 aliphatic heterocycles. The number of nitrogens with zero attached hydrogens (tertiary/aromatic N) is 1. The molecule has 0 aromatic carbocycles. The summed E-state index contributed by atoms with van der Waals surface area (Å²) >= 11 is 2.16. The SMILES string of the molecule is CCC1CN(CC2CCCN2)CCS1. The van der Waals surface area contributed by atoms with Crippen molar-refractivity contribution in [3.8, 4) is 0 Å². The summed E-state index contributed by atoms with van der Waals surface area (Å²) in [5, 5.41) is 4.48. The molecule has 2 unspecified atom stereocenters. The maximum absolute atomic E-state index is 3.59. The minimum Gasteiger partial charge on any atom is -0.313 e. The molecular weight excluding hydrogens is 192 g/mol. The normalized spacial score (nSPS) is 34.9. The van der Waals surface area contributed by atoms with Crippen LogP contribution in [0.3, 0.4) is 0 Å². The Hall–Kier alpha value is 0.270. The van der Waals surface area contributed by atoms with Gasteiger partial charge in [-0.05, 0) is 25.8 Å². The monoisotopic (exact) mass is 214 g/mol. The van der Waals surface area contributed by atoms with Gasteiger partial charge in [-0.3, -0.25) is 4.90 Å². The van der Waals surface area contributed by atoms with E-state index in [2.05, 4.69) is 28.9 Å². The van der Waals surface area contributed by atoms with Gasteiger partial charge in [0, 0.05) is 36.7 Å². The van der Waals surface area contributed by atoms with Gasteiger partial charge in [0.05, 0.1) is 0 Å². The van der Waals surface area contributed by atoms with Crippen LogP contribution in [0.4, 0.5) is 0 Å². The molecule has 82 valence electrons. The molecule has 2 atom stereocenters. The van der Waals surface area contributed by atoms with E-state index in [1.807, 2.05) is 0 Å². The summed E-state index contributed by atoms with van der Waals surface area (Å²) in [5.41, 5.74) is 0. The summed E-state index contributed by atoms with van der Waals surface area (Å²) < 4.78 is 0. The maximum Gasteiger partial charge on any atom is 0.0195 e. The second-order valence-corrected chi connectivity index (χ2v) is 5.86. The molecule has 3 heteroatoms. The number of thioether (sulfide) groups is 1. The molecule has 0 bridgehead atoms. The van der Waals surface area contributed by atoms with Crippen LogP contribution in [-0.4, -0.2) is 48.1 Å². The Morgan fingerprint density at radius 1 is 1.50 bits per heavy atom. The summed E-state index contributed by atoms with van der Waals surface area (Å²) in [5.74, 6) is 1.34. The van der Waals surface area contributed by atoms with Gasteiger partial charge in [-0.2, -0.15) is 11.8 Å². The van der Waals surface area contributed by atoms with Gasteiger partial charge in [-0.25, -0.2) is 0 Å². The third kappa shape index (κ3) is 2.88. The molecule has 2 nitrogen and oxygen atoms in total. The first kappa shape index (κ1) is 10.8. The van der Waals surface area contributed by atoms with E-state index in [1.54, 1.807) is 0 Å². The highest BCUT2D eigenvalue weighted by atomic mass is 32.2. The number of hydrogen-bond acceptors (Lipinski definition) is 3. The predicted molar refractivity (Wildman–Crippen MR) is 64.0 cm³/mol. The lowest BCUT2D eigenvalue weighted by Gasteiger charge is -2.33. The van der Waals surface area contributed by atoms with Crippen LogP contribution in [0.2, 0.25) is 0 Å². The molecule has 0 amide bonds. The van der Waals surface area contributed by atoms with Crippen LogP contribution in [0, 0.1) is 0 Å². The molecule has 0 aromatic heterocycles. The molecule has 2 rings (SSSR count). The molecular formula is C11H22N2S.